The van der Waals surface area contributed by atoms with Crippen LogP contribution < -0.4 is 10.9 Å². The first-order valence-corrected chi connectivity index (χ1v) is 10.4. The zero-order valence-corrected chi connectivity index (χ0v) is 17.8. The third kappa shape index (κ3) is 5.13. The third-order valence-corrected chi connectivity index (χ3v) is 5.42. The summed E-state index contributed by atoms with van der Waals surface area (Å²) >= 11 is 0. The van der Waals surface area contributed by atoms with Gasteiger partial charge in [-0.25, -0.2) is 4.79 Å². The SMILES string of the molecule is Cc1ccc2[nH]c(=O)c(CN(C[C@H]3COCCO3)C(=O)Nc3ccccc3C)cc2c1. The zero-order valence-electron chi connectivity index (χ0n) is 17.8. The molecule has 1 aliphatic heterocycles. The fraction of sp³-hybridized carbons (Fsp3) is 0.333. The normalized spacial score (nSPS) is 16.3. The van der Waals surface area contributed by atoms with Crippen molar-refractivity contribution < 1.29 is 14.3 Å². The maximum Gasteiger partial charge on any atom is 0.322 e. The van der Waals surface area contributed by atoms with Gasteiger partial charge >= 0.3 is 6.03 Å². The van der Waals surface area contributed by atoms with Crippen LogP contribution in [0.1, 0.15) is 16.7 Å². The molecular formula is C24H27N3O4. The topological polar surface area (TPSA) is 83.7 Å². The minimum atomic E-state index is -0.285. The van der Waals surface area contributed by atoms with E-state index in [0.29, 0.717) is 31.9 Å². The Labute approximate surface area is 181 Å². The average Bonchev–Trinajstić information content (AvgIpc) is 2.76. The molecule has 1 fully saturated rings. The van der Waals surface area contributed by atoms with Gasteiger partial charge in [0.25, 0.3) is 5.56 Å². The number of benzene rings is 2. The third-order valence-electron chi connectivity index (χ3n) is 5.42. The summed E-state index contributed by atoms with van der Waals surface area (Å²) < 4.78 is 11.2. The number of hydrogen-bond acceptors (Lipinski definition) is 4. The summed E-state index contributed by atoms with van der Waals surface area (Å²) in [5, 5.41) is 3.90. The van der Waals surface area contributed by atoms with Gasteiger partial charge in [-0.2, -0.15) is 0 Å². The summed E-state index contributed by atoms with van der Waals surface area (Å²) in [4.78, 5) is 30.4. The van der Waals surface area contributed by atoms with E-state index in [0.717, 1.165) is 27.7 Å². The smallest absolute Gasteiger partial charge is 0.322 e. The molecule has 162 valence electrons. The Morgan fingerprint density at radius 2 is 2.00 bits per heavy atom. The van der Waals surface area contributed by atoms with Crippen LogP contribution in [0, 0.1) is 13.8 Å². The maximum absolute atomic E-state index is 13.2. The second-order valence-electron chi connectivity index (χ2n) is 7.91. The Balaban J connectivity index is 1.61. The molecule has 31 heavy (non-hydrogen) atoms. The highest BCUT2D eigenvalue weighted by atomic mass is 16.6. The number of ether oxygens (including phenoxy) is 2. The number of nitrogens with zero attached hydrogens (tertiary/aromatic N) is 1. The predicted octanol–water partition coefficient (Wildman–Crippen LogP) is 3.59. The molecule has 7 nitrogen and oxygen atoms in total. The molecule has 2 N–H and O–H groups in total. The minimum absolute atomic E-state index is 0.163. The van der Waals surface area contributed by atoms with Crippen LogP contribution in [-0.2, 0) is 16.0 Å². The molecule has 2 heterocycles. The van der Waals surface area contributed by atoms with Crippen LogP contribution >= 0.6 is 0 Å². The number of amides is 2. The Bertz CT molecular complexity index is 1140. The van der Waals surface area contributed by atoms with Gasteiger partial charge in [0.05, 0.1) is 39.0 Å². The van der Waals surface area contributed by atoms with Crippen LogP contribution in [0.2, 0.25) is 0 Å². The van der Waals surface area contributed by atoms with Gasteiger partial charge in [-0.3, -0.25) is 4.79 Å². The van der Waals surface area contributed by atoms with Crippen molar-refractivity contribution >= 4 is 22.6 Å². The average molecular weight is 421 g/mol. The van der Waals surface area contributed by atoms with Crippen LogP contribution in [-0.4, -0.2) is 48.4 Å². The Kier molecular flexibility index (Phi) is 6.34. The van der Waals surface area contributed by atoms with E-state index in [1.807, 2.05) is 62.4 Å². The van der Waals surface area contributed by atoms with Gasteiger partial charge in [0.2, 0.25) is 0 Å². The lowest BCUT2D eigenvalue weighted by molar-refractivity contribution is -0.0943. The van der Waals surface area contributed by atoms with Gasteiger partial charge in [-0.15, -0.1) is 0 Å². The van der Waals surface area contributed by atoms with E-state index in [1.165, 1.54) is 0 Å². The van der Waals surface area contributed by atoms with Gasteiger partial charge in [0.1, 0.15) is 0 Å². The molecule has 1 aliphatic rings. The van der Waals surface area contributed by atoms with Crippen LogP contribution in [0.25, 0.3) is 10.9 Å². The monoisotopic (exact) mass is 421 g/mol. The summed E-state index contributed by atoms with van der Waals surface area (Å²) in [5.74, 6) is 0. The molecule has 1 saturated heterocycles. The highest BCUT2D eigenvalue weighted by molar-refractivity contribution is 5.90. The van der Waals surface area contributed by atoms with Crippen molar-refractivity contribution in [1.82, 2.24) is 9.88 Å². The molecule has 7 heteroatoms. The van der Waals surface area contributed by atoms with Crippen molar-refractivity contribution in [2.75, 3.05) is 31.7 Å². The summed E-state index contributed by atoms with van der Waals surface area (Å²) in [6.45, 7) is 5.89. The molecule has 0 spiro atoms. The molecule has 2 aromatic carbocycles. The lowest BCUT2D eigenvalue weighted by atomic mass is 10.1. The lowest BCUT2D eigenvalue weighted by Crippen LogP contribution is -2.44. The van der Waals surface area contributed by atoms with E-state index in [4.69, 9.17) is 9.47 Å². The molecule has 4 rings (SSSR count). The molecule has 2 amide bonds. The number of carbonyl (C=O) groups excluding carboxylic acids is 1. The standard InChI is InChI=1S/C24H27N3O4/c1-16-7-8-22-18(11-16)12-19(23(28)25-22)13-27(14-20-15-30-9-10-31-20)24(29)26-21-6-4-3-5-17(21)2/h3-8,11-12,20H,9-10,13-15H2,1-2H3,(H,25,28)(H,26,29)/t20-/m0/s1. The molecule has 0 saturated carbocycles. The fourth-order valence-corrected chi connectivity index (χ4v) is 3.71. The van der Waals surface area contributed by atoms with E-state index < -0.39 is 0 Å². The number of aromatic amines is 1. The lowest BCUT2D eigenvalue weighted by Gasteiger charge is -2.30. The van der Waals surface area contributed by atoms with Gasteiger partial charge in [-0.1, -0.05) is 29.8 Å². The quantitative estimate of drug-likeness (QED) is 0.659. The number of fused-ring (bicyclic) bond motifs is 1. The molecule has 0 aliphatic carbocycles. The number of carbonyl (C=O) groups is 1. The van der Waals surface area contributed by atoms with Crippen molar-refractivity contribution in [1.29, 1.82) is 0 Å². The van der Waals surface area contributed by atoms with Crippen molar-refractivity contribution in [3.63, 3.8) is 0 Å². The first kappa shape index (κ1) is 21.1. The minimum Gasteiger partial charge on any atom is -0.376 e. The number of aromatic nitrogens is 1. The first-order valence-electron chi connectivity index (χ1n) is 10.4. The van der Waals surface area contributed by atoms with E-state index >= 15 is 0 Å². The fourth-order valence-electron chi connectivity index (χ4n) is 3.71. The summed E-state index contributed by atoms with van der Waals surface area (Å²) in [7, 11) is 0. The Morgan fingerprint density at radius 1 is 1.16 bits per heavy atom. The number of H-pyrrole nitrogens is 1. The van der Waals surface area contributed by atoms with Crippen LogP contribution in [0.3, 0.4) is 0 Å². The highest BCUT2D eigenvalue weighted by Gasteiger charge is 2.23. The summed E-state index contributed by atoms with van der Waals surface area (Å²) in [6, 6.07) is 15.0. The molecule has 1 atom stereocenters. The van der Waals surface area contributed by atoms with E-state index in [1.54, 1.807) is 4.90 Å². The molecule has 0 bridgehead atoms. The number of rotatable bonds is 5. The second kappa shape index (κ2) is 9.32. The van der Waals surface area contributed by atoms with Crippen molar-refractivity contribution in [2.24, 2.45) is 0 Å². The van der Waals surface area contributed by atoms with Gasteiger partial charge in [0, 0.05) is 16.8 Å². The largest absolute Gasteiger partial charge is 0.376 e. The molecule has 0 radical (unpaired) electrons. The van der Waals surface area contributed by atoms with Gasteiger partial charge in [0.15, 0.2) is 0 Å². The van der Waals surface area contributed by atoms with Crippen LogP contribution in [0.5, 0.6) is 0 Å². The van der Waals surface area contributed by atoms with E-state index in [-0.39, 0.29) is 24.2 Å². The van der Waals surface area contributed by atoms with Gasteiger partial charge < -0.3 is 24.7 Å². The maximum atomic E-state index is 13.2. The van der Waals surface area contributed by atoms with Gasteiger partial charge in [-0.05, 0) is 49.1 Å². The number of pyridine rings is 1. The Hall–Kier alpha value is -3.16. The van der Waals surface area contributed by atoms with E-state index in [9.17, 15) is 9.59 Å². The highest BCUT2D eigenvalue weighted by Crippen LogP contribution is 2.17. The second-order valence-corrected chi connectivity index (χ2v) is 7.91. The number of anilines is 1. The summed E-state index contributed by atoms with van der Waals surface area (Å²) in [6.07, 6.45) is -0.238. The van der Waals surface area contributed by atoms with Crippen molar-refractivity contribution in [3.05, 3.63) is 75.6 Å². The van der Waals surface area contributed by atoms with Crippen molar-refractivity contribution in [3.8, 4) is 0 Å². The zero-order chi connectivity index (χ0) is 21.8. The molecule has 0 unspecified atom stereocenters. The summed E-state index contributed by atoms with van der Waals surface area (Å²) in [5.41, 5.74) is 3.90. The molecule has 1 aromatic heterocycles. The number of para-hydroxylation sites is 1. The predicted molar refractivity (Wildman–Crippen MR) is 120 cm³/mol. The number of hydrogen-bond donors (Lipinski definition) is 2. The molecule has 3 aromatic rings. The number of nitrogens with one attached hydrogen (secondary N) is 2. The van der Waals surface area contributed by atoms with Crippen molar-refractivity contribution in [2.45, 2.75) is 26.5 Å². The first-order chi connectivity index (χ1) is 15.0. The van der Waals surface area contributed by atoms with Crippen LogP contribution in [0.4, 0.5) is 10.5 Å². The van der Waals surface area contributed by atoms with E-state index in [2.05, 4.69) is 10.3 Å². The number of urea groups is 1. The molecular weight excluding hydrogens is 394 g/mol. The Morgan fingerprint density at radius 3 is 2.77 bits per heavy atom. The van der Waals surface area contributed by atoms with Crippen LogP contribution in [0.15, 0.2) is 53.3 Å². The number of aryl methyl sites for hydroxylation is 2.